The largest absolute Gasteiger partial charge is 0.496 e. The fourth-order valence-electron chi connectivity index (χ4n) is 2.55. The molecule has 2 rings (SSSR count). The zero-order valence-electron chi connectivity index (χ0n) is 10.8. The summed E-state index contributed by atoms with van der Waals surface area (Å²) >= 11 is 0. The molecule has 0 fully saturated rings. The number of benzene rings is 1. The first kappa shape index (κ1) is 12.9. The third kappa shape index (κ3) is 2.34. The number of hydrogen-bond acceptors (Lipinski definition) is 3. The molecule has 2 N–H and O–H groups in total. The fraction of sp³-hybridized carbons (Fsp3) is 0.500. The van der Waals surface area contributed by atoms with Crippen LogP contribution in [-0.4, -0.2) is 24.7 Å². The number of ether oxygens (including phenoxy) is 1. The second-order valence-electron chi connectivity index (χ2n) is 4.60. The Kier molecular flexibility index (Phi) is 3.87. The van der Waals surface area contributed by atoms with Crippen molar-refractivity contribution in [2.24, 2.45) is 0 Å². The Morgan fingerprint density at radius 2 is 2.33 bits per heavy atom. The van der Waals surface area contributed by atoms with Gasteiger partial charge in [-0.1, -0.05) is 13.3 Å². The standard InChI is InChI=1S/C14H19NO3/c1-3-4-12-10-8-13(18-2)11(14(16)17)7-9(10)5-6-15-12/h7-8,12,15H,3-6H2,1-2H3,(H,16,17). The molecule has 0 amide bonds. The number of aromatic carboxylic acids is 1. The van der Waals surface area contributed by atoms with E-state index in [0.717, 1.165) is 31.4 Å². The number of carboxylic acids is 1. The van der Waals surface area contributed by atoms with E-state index in [-0.39, 0.29) is 5.56 Å². The van der Waals surface area contributed by atoms with E-state index in [1.54, 1.807) is 6.07 Å². The molecule has 0 radical (unpaired) electrons. The van der Waals surface area contributed by atoms with Crippen molar-refractivity contribution in [3.05, 3.63) is 28.8 Å². The molecule has 1 aliphatic rings. The molecule has 1 atom stereocenters. The average Bonchev–Trinajstić information content (AvgIpc) is 2.38. The maximum atomic E-state index is 11.2. The van der Waals surface area contributed by atoms with E-state index in [1.165, 1.54) is 12.7 Å². The second-order valence-corrected chi connectivity index (χ2v) is 4.60. The molecule has 1 aromatic carbocycles. The predicted molar refractivity (Wildman–Crippen MR) is 69.3 cm³/mol. The number of nitrogens with one attached hydrogen (secondary N) is 1. The second kappa shape index (κ2) is 5.40. The van der Waals surface area contributed by atoms with Gasteiger partial charge in [0.2, 0.25) is 0 Å². The van der Waals surface area contributed by atoms with E-state index in [9.17, 15) is 9.90 Å². The Balaban J connectivity index is 2.46. The lowest BCUT2D eigenvalue weighted by molar-refractivity contribution is 0.0693. The molecule has 1 unspecified atom stereocenters. The summed E-state index contributed by atoms with van der Waals surface area (Å²) in [7, 11) is 1.51. The lowest BCUT2D eigenvalue weighted by atomic mass is 9.90. The Morgan fingerprint density at radius 1 is 1.56 bits per heavy atom. The van der Waals surface area contributed by atoms with Crippen molar-refractivity contribution >= 4 is 5.97 Å². The molecule has 1 aromatic rings. The van der Waals surface area contributed by atoms with Crippen LogP contribution in [0.3, 0.4) is 0 Å². The van der Waals surface area contributed by atoms with Crippen LogP contribution < -0.4 is 10.1 Å². The van der Waals surface area contributed by atoms with Crippen molar-refractivity contribution in [3.63, 3.8) is 0 Å². The van der Waals surface area contributed by atoms with Gasteiger partial charge in [0, 0.05) is 6.04 Å². The third-order valence-corrected chi connectivity index (χ3v) is 3.43. The quantitative estimate of drug-likeness (QED) is 0.860. The molecule has 98 valence electrons. The molecule has 18 heavy (non-hydrogen) atoms. The van der Waals surface area contributed by atoms with Crippen LogP contribution in [0.25, 0.3) is 0 Å². The molecule has 0 saturated carbocycles. The van der Waals surface area contributed by atoms with E-state index in [0.29, 0.717) is 11.8 Å². The third-order valence-electron chi connectivity index (χ3n) is 3.43. The van der Waals surface area contributed by atoms with Crippen molar-refractivity contribution in [2.75, 3.05) is 13.7 Å². The van der Waals surface area contributed by atoms with Gasteiger partial charge in [0.1, 0.15) is 11.3 Å². The first-order chi connectivity index (χ1) is 8.67. The van der Waals surface area contributed by atoms with Crippen molar-refractivity contribution < 1.29 is 14.6 Å². The van der Waals surface area contributed by atoms with Crippen molar-refractivity contribution in [1.82, 2.24) is 5.32 Å². The molecule has 1 aliphatic heterocycles. The van der Waals surface area contributed by atoms with Crippen LogP contribution in [0.4, 0.5) is 0 Å². The Morgan fingerprint density at radius 3 is 2.94 bits per heavy atom. The number of carboxylic acid groups (broad SMARTS) is 1. The summed E-state index contributed by atoms with van der Waals surface area (Å²) in [6.07, 6.45) is 3.03. The van der Waals surface area contributed by atoms with E-state index >= 15 is 0 Å². The van der Waals surface area contributed by atoms with Crippen molar-refractivity contribution in [3.8, 4) is 5.75 Å². The van der Waals surface area contributed by atoms with Gasteiger partial charge in [-0.15, -0.1) is 0 Å². The molecular formula is C14H19NO3. The Bertz CT molecular complexity index is 457. The summed E-state index contributed by atoms with van der Waals surface area (Å²) in [5, 5.41) is 12.6. The zero-order valence-corrected chi connectivity index (χ0v) is 10.8. The monoisotopic (exact) mass is 249 g/mol. The lowest BCUT2D eigenvalue weighted by Crippen LogP contribution is -2.30. The fourth-order valence-corrected chi connectivity index (χ4v) is 2.55. The number of methoxy groups -OCH3 is 1. The lowest BCUT2D eigenvalue weighted by Gasteiger charge is -2.27. The Hall–Kier alpha value is -1.55. The number of hydrogen-bond donors (Lipinski definition) is 2. The molecule has 1 heterocycles. The van der Waals surface area contributed by atoms with Gasteiger partial charge in [0.15, 0.2) is 0 Å². The summed E-state index contributed by atoms with van der Waals surface area (Å²) in [6.45, 7) is 3.06. The van der Waals surface area contributed by atoms with Crippen LogP contribution in [-0.2, 0) is 6.42 Å². The van der Waals surface area contributed by atoms with Crippen LogP contribution in [0, 0.1) is 0 Å². The summed E-state index contributed by atoms with van der Waals surface area (Å²) in [6, 6.07) is 3.96. The highest BCUT2D eigenvalue weighted by atomic mass is 16.5. The van der Waals surface area contributed by atoms with Gasteiger partial charge in [0.25, 0.3) is 0 Å². The highest BCUT2D eigenvalue weighted by Crippen LogP contribution is 2.32. The summed E-state index contributed by atoms with van der Waals surface area (Å²) < 4.78 is 5.19. The zero-order chi connectivity index (χ0) is 13.1. The number of rotatable bonds is 4. The van der Waals surface area contributed by atoms with E-state index in [2.05, 4.69) is 12.2 Å². The highest BCUT2D eigenvalue weighted by Gasteiger charge is 2.23. The van der Waals surface area contributed by atoms with Gasteiger partial charge < -0.3 is 15.2 Å². The van der Waals surface area contributed by atoms with E-state index in [4.69, 9.17) is 4.74 Å². The van der Waals surface area contributed by atoms with Gasteiger partial charge in [-0.05, 0) is 42.6 Å². The van der Waals surface area contributed by atoms with Crippen LogP contribution in [0.15, 0.2) is 12.1 Å². The molecule has 0 bridgehead atoms. The summed E-state index contributed by atoms with van der Waals surface area (Å²) in [5.74, 6) is -0.480. The van der Waals surface area contributed by atoms with Gasteiger partial charge in [-0.25, -0.2) is 4.79 Å². The first-order valence-corrected chi connectivity index (χ1v) is 6.34. The van der Waals surface area contributed by atoms with Crippen molar-refractivity contribution in [1.29, 1.82) is 0 Å². The van der Waals surface area contributed by atoms with Gasteiger partial charge in [-0.3, -0.25) is 0 Å². The van der Waals surface area contributed by atoms with Crippen molar-refractivity contribution in [2.45, 2.75) is 32.2 Å². The van der Waals surface area contributed by atoms with Crippen LogP contribution in [0.5, 0.6) is 5.75 Å². The maximum Gasteiger partial charge on any atom is 0.339 e. The first-order valence-electron chi connectivity index (χ1n) is 6.34. The highest BCUT2D eigenvalue weighted by molar-refractivity contribution is 5.91. The molecule has 4 nitrogen and oxygen atoms in total. The number of carbonyl (C=O) groups is 1. The summed E-state index contributed by atoms with van der Waals surface area (Å²) in [5.41, 5.74) is 2.57. The molecule has 4 heteroatoms. The summed E-state index contributed by atoms with van der Waals surface area (Å²) in [4.78, 5) is 11.2. The normalized spacial score (nSPS) is 18.2. The Labute approximate surface area is 107 Å². The minimum Gasteiger partial charge on any atom is -0.496 e. The molecule has 0 aromatic heterocycles. The van der Waals surface area contributed by atoms with Gasteiger partial charge in [-0.2, -0.15) is 0 Å². The maximum absolute atomic E-state index is 11.2. The van der Waals surface area contributed by atoms with E-state index < -0.39 is 5.97 Å². The number of fused-ring (bicyclic) bond motifs is 1. The molecular weight excluding hydrogens is 230 g/mol. The minimum atomic E-state index is -0.930. The van der Waals surface area contributed by atoms with Crippen LogP contribution >= 0.6 is 0 Å². The SMILES string of the molecule is CCCC1NCCc2cc(C(=O)O)c(OC)cc21. The van der Waals surface area contributed by atoms with E-state index in [1.807, 2.05) is 6.07 Å². The molecule has 0 aliphatic carbocycles. The molecule has 0 saturated heterocycles. The van der Waals surface area contributed by atoms with Crippen LogP contribution in [0.2, 0.25) is 0 Å². The molecule has 0 spiro atoms. The average molecular weight is 249 g/mol. The smallest absolute Gasteiger partial charge is 0.339 e. The van der Waals surface area contributed by atoms with Gasteiger partial charge in [0.05, 0.1) is 7.11 Å². The topological polar surface area (TPSA) is 58.6 Å². The van der Waals surface area contributed by atoms with Crippen LogP contribution in [0.1, 0.15) is 47.3 Å². The van der Waals surface area contributed by atoms with Gasteiger partial charge >= 0.3 is 5.97 Å². The minimum absolute atomic E-state index is 0.258. The predicted octanol–water partition coefficient (Wildman–Crippen LogP) is 2.38.